The van der Waals surface area contributed by atoms with Crippen molar-refractivity contribution in [2.24, 2.45) is 0 Å². The predicted molar refractivity (Wildman–Crippen MR) is 65.3 cm³/mol. The Morgan fingerprint density at radius 3 is 2.84 bits per heavy atom. The third-order valence-corrected chi connectivity index (χ3v) is 2.28. The van der Waals surface area contributed by atoms with Crippen LogP contribution in [0.5, 0.6) is 0 Å². The third kappa shape index (κ3) is 6.32. The van der Waals surface area contributed by atoms with E-state index in [1.54, 1.807) is 18.3 Å². The molecule has 0 spiro atoms. The number of carbonyl (C=O) groups excluding carboxylic acids is 1. The summed E-state index contributed by atoms with van der Waals surface area (Å²) in [5, 5.41) is 21.2. The van der Waals surface area contributed by atoms with E-state index in [9.17, 15) is 9.59 Å². The van der Waals surface area contributed by atoms with E-state index in [-0.39, 0.29) is 19.5 Å². The lowest BCUT2D eigenvalue weighted by Gasteiger charge is -2.14. The first kappa shape index (κ1) is 14.8. The second-order valence-corrected chi connectivity index (χ2v) is 3.73. The number of nitrogens with one attached hydrogen (secondary N) is 2. The molecule has 0 aromatic carbocycles. The fourth-order valence-corrected chi connectivity index (χ4v) is 1.30. The van der Waals surface area contributed by atoms with Gasteiger partial charge in [0.1, 0.15) is 0 Å². The van der Waals surface area contributed by atoms with Crippen molar-refractivity contribution in [2.75, 3.05) is 13.7 Å². The van der Waals surface area contributed by atoms with Crippen LogP contribution in [0.15, 0.2) is 18.3 Å². The molecule has 1 unspecified atom stereocenters. The highest BCUT2D eigenvalue weighted by Gasteiger charge is 2.13. The van der Waals surface area contributed by atoms with Gasteiger partial charge in [-0.25, -0.2) is 4.79 Å². The van der Waals surface area contributed by atoms with Gasteiger partial charge in [-0.15, -0.1) is 0 Å². The van der Waals surface area contributed by atoms with Gasteiger partial charge in [0.25, 0.3) is 0 Å². The van der Waals surface area contributed by atoms with Crippen LogP contribution in [-0.4, -0.2) is 47.1 Å². The topological polar surface area (TPSA) is 113 Å². The summed E-state index contributed by atoms with van der Waals surface area (Å²) in [7, 11) is 1.40. The van der Waals surface area contributed by atoms with Crippen molar-refractivity contribution in [3.8, 4) is 0 Å². The largest absolute Gasteiger partial charge is 0.481 e. The lowest BCUT2D eigenvalue weighted by molar-refractivity contribution is -0.139. The molecule has 0 fully saturated rings. The molecular weight excluding hydrogens is 252 g/mol. The van der Waals surface area contributed by atoms with Crippen molar-refractivity contribution in [1.82, 2.24) is 20.8 Å². The van der Waals surface area contributed by atoms with Crippen molar-refractivity contribution in [1.29, 1.82) is 0 Å². The fourth-order valence-electron chi connectivity index (χ4n) is 1.30. The van der Waals surface area contributed by atoms with Crippen LogP contribution >= 0.6 is 0 Å². The Morgan fingerprint density at radius 1 is 1.47 bits per heavy atom. The summed E-state index contributed by atoms with van der Waals surface area (Å²) < 4.78 is 4.93. The molecule has 0 radical (unpaired) electrons. The number of carboxylic acids is 1. The van der Waals surface area contributed by atoms with E-state index in [2.05, 4.69) is 20.8 Å². The average Bonchev–Trinajstić information content (AvgIpc) is 2.42. The highest BCUT2D eigenvalue weighted by atomic mass is 16.5. The Hall–Kier alpha value is -2.22. The number of aliphatic carboxylic acids is 1. The normalized spacial score (nSPS) is 11.6. The summed E-state index contributed by atoms with van der Waals surface area (Å²) in [4.78, 5) is 21.9. The minimum absolute atomic E-state index is 0.120. The van der Waals surface area contributed by atoms with Crippen molar-refractivity contribution in [2.45, 2.75) is 19.1 Å². The number of carboxylic acid groups (broad SMARTS) is 1. The van der Waals surface area contributed by atoms with Crippen LogP contribution in [0.3, 0.4) is 0 Å². The number of rotatable bonds is 7. The Kier molecular flexibility index (Phi) is 6.23. The minimum atomic E-state index is -0.978. The number of methoxy groups -OCH3 is 1. The molecule has 0 aliphatic heterocycles. The standard InChI is InChI=1S/C11H16N4O4/c1-19-9(5-10(16)17)7-13-11(18)12-6-8-3-2-4-14-15-8/h2-4,9H,5-7H2,1H3,(H,16,17)(H2,12,13,18). The Labute approximate surface area is 110 Å². The zero-order chi connectivity index (χ0) is 14.1. The van der Waals surface area contributed by atoms with E-state index >= 15 is 0 Å². The van der Waals surface area contributed by atoms with Gasteiger partial charge >= 0.3 is 12.0 Å². The molecule has 0 saturated heterocycles. The minimum Gasteiger partial charge on any atom is -0.481 e. The molecular formula is C11H16N4O4. The molecule has 8 heteroatoms. The van der Waals surface area contributed by atoms with Crippen LogP contribution in [0.4, 0.5) is 4.79 Å². The Bertz CT molecular complexity index is 412. The summed E-state index contributed by atoms with van der Waals surface area (Å²) in [5.41, 5.74) is 0.631. The lowest BCUT2D eigenvalue weighted by Crippen LogP contribution is -2.40. The molecule has 0 bridgehead atoms. The van der Waals surface area contributed by atoms with Crippen molar-refractivity contribution in [3.63, 3.8) is 0 Å². The maximum atomic E-state index is 11.4. The molecule has 1 heterocycles. The molecule has 104 valence electrons. The lowest BCUT2D eigenvalue weighted by atomic mass is 10.2. The first-order valence-corrected chi connectivity index (χ1v) is 5.64. The molecule has 19 heavy (non-hydrogen) atoms. The summed E-state index contributed by atoms with van der Waals surface area (Å²) >= 11 is 0. The van der Waals surface area contributed by atoms with E-state index in [0.29, 0.717) is 5.69 Å². The number of amides is 2. The van der Waals surface area contributed by atoms with E-state index < -0.39 is 18.1 Å². The molecule has 1 aromatic heterocycles. The molecule has 1 aromatic rings. The molecule has 2 amide bonds. The zero-order valence-electron chi connectivity index (χ0n) is 10.5. The van der Waals surface area contributed by atoms with E-state index in [1.165, 1.54) is 7.11 Å². The molecule has 0 saturated carbocycles. The van der Waals surface area contributed by atoms with Crippen LogP contribution in [0.1, 0.15) is 12.1 Å². The number of hydrogen-bond acceptors (Lipinski definition) is 5. The summed E-state index contributed by atoms with van der Waals surface area (Å²) in [5.74, 6) is -0.978. The highest BCUT2D eigenvalue weighted by molar-refractivity contribution is 5.74. The van der Waals surface area contributed by atoms with Gasteiger partial charge in [0.05, 0.1) is 24.8 Å². The summed E-state index contributed by atoms with van der Waals surface area (Å²) in [6.45, 7) is 0.366. The number of nitrogens with zero attached hydrogens (tertiary/aromatic N) is 2. The van der Waals surface area contributed by atoms with Crippen LogP contribution in [0.25, 0.3) is 0 Å². The van der Waals surface area contributed by atoms with Gasteiger partial charge in [0.2, 0.25) is 0 Å². The second-order valence-electron chi connectivity index (χ2n) is 3.73. The van der Waals surface area contributed by atoms with E-state index in [1.807, 2.05) is 0 Å². The second kappa shape index (κ2) is 7.98. The van der Waals surface area contributed by atoms with E-state index in [4.69, 9.17) is 9.84 Å². The first-order valence-electron chi connectivity index (χ1n) is 5.64. The van der Waals surface area contributed by atoms with Gasteiger partial charge in [0.15, 0.2) is 0 Å². The molecule has 3 N–H and O–H groups in total. The smallest absolute Gasteiger partial charge is 0.315 e. The fraction of sp³-hybridized carbons (Fsp3) is 0.455. The monoisotopic (exact) mass is 268 g/mol. The average molecular weight is 268 g/mol. The number of carbonyl (C=O) groups is 2. The highest BCUT2D eigenvalue weighted by Crippen LogP contribution is 1.95. The SMILES string of the molecule is COC(CNC(=O)NCc1cccnn1)CC(=O)O. The maximum Gasteiger partial charge on any atom is 0.315 e. The third-order valence-electron chi connectivity index (χ3n) is 2.28. The van der Waals surface area contributed by atoms with Gasteiger partial charge in [0, 0.05) is 19.9 Å². The van der Waals surface area contributed by atoms with Gasteiger partial charge < -0.3 is 20.5 Å². The maximum absolute atomic E-state index is 11.4. The summed E-state index contributed by atoms with van der Waals surface area (Å²) in [6, 6.07) is 3.03. The van der Waals surface area contributed by atoms with Gasteiger partial charge in [-0.2, -0.15) is 10.2 Å². The van der Waals surface area contributed by atoms with Crippen LogP contribution in [0, 0.1) is 0 Å². The zero-order valence-corrected chi connectivity index (χ0v) is 10.5. The number of aromatic nitrogens is 2. The Morgan fingerprint density at radius 2 is 2.26 bits per heavy atom. The Balaban J connectivity index is 2.25. The molecule has 0 aliphatic carbocycles. The first-order chi connectivity index (χ1) is 9.11. The molecule has 8 nitrogen and oxygen atoms in total. The van der Waals surface area contributed by atoms with Crippen LogP contribution in [-0.2, 0) is 16.1 Å². The quantitative estimate of drug-likeness (QED) is 0.629. The molecule has 0 aliphatic rings. The number of ether oxygens (including phenoxy) is 1. The van der Waals surface area contributed by atoms with Crippen molar-refractivity contribution in [3.05, 3.63) is 24.0 Å². The van der Waals surface area contributed by atoms with E-state index in [0.717, 1.165) is 0 Å². The van der Waals surface area contributed by atoms with Gasteiger partial charge in [-0.05, 0) is 12.1 Å². The number of urea groups is 1. The van der Waals surface area contributed by atoms with Crippen LogP contribution < -0.4 is 10.6 Å². The molecule has 1 rings (SSSR count). The van der Waals surface area contributed by atoms with Gasteiger partial charge in [-0.1, -0.05) is 0 Å². The molecule has 1 atom stereocenters. The van der Waals surface area contributed by atoms with Crippen molar-refractivity contribution < 1.29 is 19.4 Å². The number of hydrogen-bond donors (Lipinski definition) is 3. The van der Waals surface area contributed by atoms with Gasteiger partial charge in [-0.3, -0.25) is 4.79 Å². The van der Waals surface area contributed by atoms with Crippen molar-refractivity contribution >= 4 is 12.0 Å². The summed E-state index contributed by atoms with van der Waals surface area (Å²) in [6.07, 6.45) is 0.819. The van der Waals surface area contributed by atoms with Crippen LogP contribution in [0.2, 0.25) is 0 Å². The predicted octanol–water partition coefficient (Wildman–Crippen LogP) is -0.234.